The van der Waals surface area contributed by atoms with Crippen LogP contribution < -0.4 is 5.32 Å². The van der Waals surface area contributed by atoms with E-state index in [2.05, 4.69) is 39.3 Å². The quantitative estimate of drug-likeness (QED) is 0.875. The van der Waals surface area contributed by atoms with Crippen molar-refractivity contribution in [2.24, 2.45) is 0 Å². The SMILES string of the molecule is CNC(CCc1ccsc1)c1cccc(C)n1. The summed E-state index contributed by atoms with van der Waals surface area (Å²) in [7, 11) is 2.00. The fraction of sp³-hybridized carbons (Fsp3) is 0.357. The van der Waals surface area contributed by atoms with Crippen LogP contribution in [-0.2, 0) is 6.42 Å². The molecule has 2 aromatic rings. The average molecular weight is 246 g/mol. The molecular weight excluding hydrogens is 228 g/mol. The van der Waals surface area contributed by atoms with Gasteiger partial charge in [0.2, 0.25) is 0 Å². The van der Waals surface area contributed by atoms with E-state index in [1.807, 2.05) is 20.0 Å². The molecule has 0 bridgehead atoms. The van der Waals surface area contributed by atoms with Crippen molar-refractivity contribution < 1.29 is 0 Å². The van der Waals surface area contributed by atoms with E-state index < -0.39 is 0 Å². The number of thiophene rings is 1. The summed E-state index contributed by atoms with van der Waals surface area (Å²) in [4.78, 5) is 4.58. The van der Waals surface area contributed by atoms with Gasteiger partial charge in [-0.05, 0) is 61.3 Å². The van der Waals surface area contributed by atoms with Gasteiger partial charge in [-0.1, -0.05) is 6.07 Å². The first-order valence-corrected chi connectivity index (χ1v) is 6.86. The highest BCUT2D eigenvalue weighted by Crippen LogP contribution is 2.18. The zero-order valence-corrected chi connectivity index (χ0v) is 11.1. The predicted molar refractivity (Wildman–Crippen MR) is 73.4 cm³/mol. The Morgan fingerprint density at radius 3 is 2.88 bits per heavy atom. The third-order valence-corrected chi connectivity index (χ3v) is 3.65. The molecule has 1 N–H and O–H groups in total. The number of rotatable bonds is 5. The summed E-state index contributed by atoms with van der Waals surface area (Å²) in [6.07, 6.45) is 2.19. The van der Waals surface area contributed by atoms with E-state index in [9.17, 15) is 0 Å². The highest BCUT2D eigenvalue weighted by molar-refractivity contribution is 7.07. The maximum atomic E-state index is 4.58. The highest BCUT2D eigenvalue weighted by atomic mass is 32.1. The Kier molecular flexibility index (Phi) is 4.29. The van der Waals surface area contributed by atoms with E-state index in [1.54, 1.807) is 11.3 Å². The number of aromatic nitrogens is 1. The van der Waals surface area contributed by atoms with E-state index in [0.29, 0.717) is 6.04 Å². The van der Waals surface area contributed by atoms with Gasteiger partial charge in [-0.2, -0.15) is 11.3 Å². The Morgan fingerprint density at radius 2 is 2.24 bits per heavy atom. The van der Waals surface area contributed by atoms with Crippen LogP contribution in [0.4, 0.5) is 0 Å². The average Bonchev–Trinajstić information content (AvgIpc) is 2.83. The number of pyridine rings is 1. The molecule has 2 rings (SSSR count). The van der Waals surface area contributed by atoms with Crippen LogP contribution in [0.1, 0.15) is 29.4 Å². The first-order chi connectivity index (χ1) is 8.29. The lowest BCUT2D eigenvalue weighted by Gasteiger charge is -2.15. The molecule has 2 nitrogen and oxygen atoms in total. The highest BCUT2D eigenvalue weighted by Gasteiger charge is 2.10. The van der Waals surface area contributed by atoms with Gasteiger partial charge in [-0.3, -0.25) is 4.98 Å². The molecule has 90 valence electrons. The van der Waals surface area contributed by atoms with Crippen LogP contribution in [0.5, 0.6) is 0 Å². The minimum Gasteiger partial charge on any atom is -0.312 e. The number of aryl methyl sites for hydroxylation is 2. The molecule has 2 heterocycles. The molecule has 3 heteroatoms. The molecular formula is C14H18N2S. The molecule has 1 unspecified atom stereocenters. The zero-order valence-electron chi connectivity index (χ0n) is 10.3. The first kappa shape index (κ1) is 12.3. The van der Waals surface area contributed by atoms with Gasteiger partial charge in [-0.25, -0.2) is 0 Å². The second-order valence-electron chi connectivity index (χ2n) is 4.22. The number of hydrogen-bond acceptors (Lipinski definition) is 3. The van der Waals surface area contributed by atoms with Crippen molar-refractivity contribution in [3.05, 3.63) is 52.0 Å². The molecule has 0 saturated carbocycles. The van der Waals surface area contributed by atoms with Crippen LogP contribution in [-0.4, -0.2) is 12.0 Å². The maximum Gasteiger partial charge on any atom is 0.0576 e. The van der Waals surface area contributed by atoms with Crippen molar-refractivity contribution in [1.82, 2.24) is 10.3 Å². The van der Waals surface area contributed by atoms with Crippen molar-refractivity contribution >= 4 is 11.3 Å². The molecule has 0 aliphatic heterocycles. The minimum atomic E-state index is 0.342. The standard InChI is InChI=1S/C14H18N2S/c1-11-4-3-5-14(16-11)13(15-2)7-6-12-8-9-17-10-12/h3-5,8-10,13,15H,6-7H2,1-2H3. The lowest BCUT2D eigenvalue weighted by atomic mass is 10.0. The summed E-state index contributed by atoms with van der Waals surface area (Å²) in [5.41, 5.74) is 3.64. The Balaban J connectivity index is 2.01. The molecule has 0 aromatic carbocycles. The van der Waals surface area contributed by atoms with E-state index >= 15 is 0 Å². The molecule has 0 fully saturated rings. The van der Waals surface area contributed by atoms with Gasteiger partial charge in [0, 0.05) is 11.7 Å². The van der Waals surface area contributed by atoms with E-state index in [-0.39, 0.29) is 0 Å². The van der Waals surface area contributed by atoms with Gasteiger partial charge >= 0.3 is 0 Å². The third kappa shape index (κ3) is 3.38. The van der Waals surface area contributed by atoms with Crippen molar-refractivity contribution in [1.29, 1.82) is 0 Å². The molecule has 0 aliphatic rings. The summed E-state index contributed by atoms with van der Waals surface area (Å²) in [6, 6.07) is 8.75. The molecule has 1 atom stereocenters. The summed E-state index contributed by atoms with van der Waals surface area (Å²) in [6.45, 7) is 2.04. The van der Waals surface area contributed by atoms with E-state index in [0.717, 1.165) is 24.2 Å². The lowest BCUT2D eigenvalue weighted by molar-refractivity contribution is 0.535. The fourth-order valence-corrected chi connectivity index (χ4v) is 2.65. The second kappa shape index (κ2) is 5.94. The molecule has 0 amide bonds. The molecule has 2 aromatic heterocycles. The molecule has 0 spiro atoms. The van der Waals surface area contributed by atoms with Crippen LogP contribution in [0.3, 0.4) is 0 Å². The maximum absolute atomic E-state index is 4.58. The van der Waals surface area contributed by atoms with Gasteiger partial charge < -0.3 is 5.32 Å². The van der Waals surface area contributed by atoms with Crippen molar-refractivity contribution in [2.45, 2.75) is 25.8 Å². The van der Waals surface area contributed by atoms with Crippen molar-refractivity contribution in [3.8, 4) is 0 Å². The van der Waals surface area contributed by atoms with Crippen LogP contribution in [0.2, 0.25) is 0 Å². The Morgan fingerprint density at radius 1 is 1.35 bits per heavy atom. The molecule has 0 radical (unpaired) electrons. The summed E-state index contributed by atoms with van der Waals surface area (Å²) in [5.74, 6) is 0. The normalized spacial score (nSPS) is 12.6. The van der Waals surface area contributed by atoms with Gasteiger partial charge in [0.05, 0.1) is 5.69 Å². The largest absolute Gasteiger partial charge is 0.312 e. The van der Waals surface area contributed by atoms with E-state index in [1.165, 1.54) is 5.56 Å². The number of nitrogens with one attached hydrogen (secondary N) is 1. The predicted octanol–water partition coefficient (Wildman–Crippen LogP) is 3.34. The van der Waals surface area contributed by atoms with E-state index in [4.69, 9.17) is 0 Å². The monoisotopic (exact) mass is 246 g/mol. The van der Waals surface area contributed by atoms with Crippen LogP contribution >= 0.6 is 11.3 Å². The second-order valence-corrected chi connectivity index (χ2v) is 5.00. The summed E-state index contributed by atoms with van der Waals surface area (Å²) < 4.78 is 0. The minimum absolute atomic E-state index is 0.342. The lowest BCUT2D eigenvalue weighted by Crippen LogP contribution is -2.18. The summed E-state index contributed by atoms with van der Waals surface area (Å²) in [5, 5.41) is 7.70. The van der Waals surface area contributed by atoms with Crippen LogP contribution in [0, 0.1) is 6.92 Å². The van der Waals surface area contributed by atoms with Gasteiger partial charge in [-0.15, -0.1) is 0 Å². The van der Waals surface area contributed by atoms with Gasteiger partial charge in [0.15, 0.2) is 0 Å². The Hall–Kier alpha value is -1.19. The van der Waals surface area contributed by atoms with Crippen molar-refractivity contribution in [3.63, 3.8) is 0 Å². The number of hydrogen-bond donors (Lipinski definition) is 1. The van der Waals surface area contributed by atoms with Crippen molar-refractivity contribution in [2.75, 3.05) is 7.05 Å². The zero-order chi connectivity index (χ0) is 12.1. The first-order valence-electron chi connectivity index (χ1n) is 5.91. The summed E-state index contributed by atoms with van der Waals surface area (Å²) >= 11 is 1.76. The number of nitrogens with zero attached hydrogens (tertiary/aromatic N) is 1. The Bertz CT molecular complexity index is 451. The smallest absolute Gasteiger partial charge is 0.0576 e. The Labute approximate surface area is 107 Å². The molecule has 17 heavy (non-hydrogen) atoms. The van der Waals surface area contributed by atoms with Gasteiger partial charge in [0.1, 0.15) is 0 Å². The fourth-order valence-electron chi connectivity index (χ4n) is 1.94. The molecule has 0 aliphatic carbocycles. The molecule has 0 saturated heterocycles. The van der Waals surface area contributed by atoms with Crippen LogP contribution in [0.15, 0.2) is 35.0 Å². The van der Waals surface area contributed by atoms with Crippen LogP contribution in [0.25, 0.3) is 0 Å². The third-order valence-electron chi connectivity index (χ3n) is 2.92. The van der Waals surface area contributed by atoms with Gasteiger partial charge in [0.25, 0.3) is 0 Å². The topological polar surface area (TPSA) is 24.9 Å².